The molecular formula is C5H7N3O2. The molecule has 0 spiro atoms. The highest BCUT2D eigenvalue weighted by molar-refractivity contribution is 6.21. The summed E-state index contributed by atoms with van der Waals surface area (Å²) in [5.41, 5.74) is 7.48. The predicted molar refractivity (Wildman–Crippen MR) is 33.9 cm³/mol. The zero-order valence-corrected chi connectivity index (χ0v) is 5.42. The highest BCUT2D eigenvalue weighted by Gasteiger charge is 2.31. The Morgan fingerprint density at radius 3 is 2.60 bits per heavy atom. The van der Waals surface area contributed by atoms with Crippen molar-refractivity contribution in [2.75, 3.05) is 0 Å². The molecule has 0 fully saturated rings. The van der Waals surface area contributed by atoms with Gasteiger partial charge in [0.1, 0.15) is 0 Å². The van der Waals surface area contributed by atoms with Crippen molar-refractivity contribution in [1.82, 2.24) is 5.43 Å². The highest BCUT2D eigenvalue weighted by atomic mass is 16.2. The van der Waals surface area contributed by atoms with Gasteiger partial charge >= 0.3 is 0 Å². The van der Waals surface area contributed by atoms with Gasteiger partial charge in [-0.15, -0.1) is 0 Å². The molecule has 0 saturated carbocycles. The van der Waals surface area contributed by atoms with Gasteiger partial charge in [0.15, 0.2) is 5.92 Å². The van der Waals surface area contributed by atoms with Crippen LogP contribution in [-0.2, 0) is 9.59 Å². The van der Waals surface area contributed by atoms with Crippen molar-refractivity contribution in [3.8, 4) is 0 Å². The summed E-state index contributed by atoms with van der Waals surface area (Å²) < 4.78 is 0. The molecule has 5 nitrogen and oxygen atoms in total. The smallest absolute Gasteiger partial charge is 0.258 e. The average Bonchev–Trinajstić information content (AvgIpc) is 2.11. The van der Waals surface area contributed by atoms with E-state index in [1.165, 1.54) is 0 Å². The first-order valence-electron chi connectivity index (χ1n) is 2.76. The van der Waals surface area contributed by atoms with Crippen LogP contribution in [0.2, 0.25) is 0 Å². The van der Waals surface area contributed by atoms with Crippen molar-refractivity contribution in [2.24, 2.45) is 16.8 Å². The molecule has 1 rings (SSSR count). The molecule has 0 saturated heterocycles. The van der Waals surface area contributed by atoms with E-state index in [1.54, 1.807) is 6.92 Å². The maximum Gasteiger partial charge on any atom is 0.258 e. The summed E-state index contributed by atoms with van der Waals surface area (Å²) in [4.78, 5) is 21.2. The molecule has 1 atom stereocenters. The molecule has 10 heavy (non-hydrogen) atoms. The molecule has 0 aromatic rings. The lowest BCUT2D eigenvalue weighted by Gasteiger charge is -1.98. The van der Waals surface area contributed by atoms with Gasteiger partial charge in [-0.25, -0.2) is 5.43 Å². The maximum absolute atomic E-state index is 10.7. The monoisotopic (exact) mass is 141 g/mol. The van der Waals surface area contributed by atoms with E-state index in [2.05, 4.69) is 10.5 Å². The first-order chi connectivity index (χ1) is 4.63. The third-order valence-corrected chi connectivity index (χ3v) is 1.31. The summed E-state index contributed by atoms with van der Waals surface area (Å²) in [5, 5.41) is 3.54. The molecule has 3 N–H and O–H groups in total. The lowest BCUT2D eigenvalue weighted by Crippen LogP contribution is -2.34. The van der Waals surface area contributed by atoms with E-state index in [4.69, 9.17) is 5.73 Å². The maximum atomic E-state index is 10.7. The van der Waals surface area contributed by atoms with Crippen LogP contribution in [0.4, 0.5) is 0 Å². The second-order valence-electron chi connectivity index (χ2n) is 2.06. The first kappa shape index (κ1) is 6.73. The Morgan fingerprint density at radius 2 is 2.40 bits per heavy atom. The molecule has 54 valence electrons. The van der Waals surface area contributed by atoms with Gasteiger partial charge in [-0.05, 0) is 6.92 Å². The van der Waals surface area contributed by atoms with Crippen molar-refractivity contribution in [3.63, 3.8) is 0 Å². The average molecular weight is 141 g/mol. The molecule has 1 heterocycles. The largest absolute Gasteiger partial charge is 0.369 e. The molecule has 0 aliphatic carbocycles. The summed E-state index contributed by atoms with van der Waals surface area (Å²) in [7, 11) is 0. The molecule has 1 unspecified atom stereocenters. The molecular weight excluding hydrogens is 134 g/mol. The van der Waals surface area contributed by atoms with Gasteiger partial charge in [0.25, 0.3) is 5.91 Å². The van der Waals surface area contributed by atoms with Crippen LogP contribution in [0.25, 0.3) is 0 Å². The Morgan fingerprint density at radius 1 is 1.80 bits per heavy atom. The molecule has 1 aliphatic heterocycles. The Balaban J connectivity index is 2.84. The molecule has 5 heteroatoms. The van der Waals surface area contributed by atoms with Crippen molar-refractivity contribution >= 4 is 17.5 Å². The van der Waals surface area contributed by atoms with E-state index in [9.17, 15) is 9.59 Å². The minimum absolute atomic E-state index is 0.428. The van der Waals surface area contributed by atoms with Crippen LogP contribution >= 0.6 is 0 Å². The van der Waals surface area contributed by atoms with Crippen LogP contribution in [0.3, 0.4) is 0 Å². The van der Waals surface area contributed by atoms with Crippen molar-refractivity contribution in [3.05, 3.63) is 0 Å². The Bertz CT molecular complexity index is 221. The van der Waals surface area contributed by atoms with Crippen molar-refractivity contribution < 1.29 is 9.59 Å². The zero-order chi connectivity index (χ0) is 7.72. The zero-order valence-electron chi connectivity index (χ0n) is 5.42. The van der Waals surface area contributed by atoms with Crippen molar-refractivity contribution in [2.45, 2.75) is 6.92 Å². The minimum atomic E-state index is -0.861. The Kier molecular flexibility index (Phi) is 1.41. The molecule has 0 bridgehead atoms. The fourth-order valence-electron chi connectivity index (χ4n) is 0.797. The van der Waals surface area contributed by atoms with Gasteiger partial charge in [-0.3, -0.25) is 9.59 Å². The summed E-state index contributed by atoms with van der Waals surface area (Å²) in [5.74, 6) is -1.96. The number of nitrogens with zero attached hydrogens (tertiary/aromatic N) is 1. The fraction of sp³-hybridized carbons (Fsp3) is 0.400. The summed E-state index contributed by atoms with van der Waals surface area (Å²) >= 11 is 0. The van der Waals surface area contributed by atoms with E-state index < -0.39 is 17.7 Å². The van der Waals surface area contributed by atoms with E-state index in [0.717, 1.165) is 0 Å². The first-order valence-corrected chi connectivity index (χ1v) is 2.76. The third kappa shape index (κ3) is 0.854. The van der Waals surface area contributed by atoms with E-state index in [1.807, 2.05) is 0 Å². The van der Waals surface area contributed by atoms with Crippen LogP contribution in [0.5, 0.6) is 0 Å². The number of hydrazone groups is 1. The fourth-order valence-corrected chi connectivity index (χ4v) is 0.797. The quantitative estimate of drug-likeness (QED) is 0.440. The number of primary amides is 1. The third-order valence-electron chi connectivity index (χ3n) is 1.31. The summed E-state index contributed by atoms with van der Waals surface area (Å²) in [6.45, 7) is 1.58. The lowest BCUT2D eigenvalue weighted by atomic mass is 10.1. The lowest BCUT2D eigenvalue weighted by molar-refractivity contribution is -0.129. The predicted octanol–water partition coefficient (Wildman–Crippen LogP) is -1.41. The van der Waals surface area contributed by atoms with Gasteiger partial charge in [0.05, 0.1) is 5.71 Å². The van der Waals surface area contributed by atoms with E-state index in [0.29, 0.717) is 5.71 Å². The molecule has 0 aromatic carbocycles. The van der Waals surface area contributed by atoms with Gasteiger partial charge in [-0.2, -0.15) is 5.10 Å². The summed E-state index contributed by atoms with van der Waals surface area (Å²) in [6.07, 6.45) is 0. The van der Waals surface area contributed by atoms with Crippen LogP contribution < -0.4 is 11.2 Å². The minimum Gasteiger partial charge on any atom is -0.369 e. The highest BCUT2D eigenvalue weighted by Crippen LogP contribution is 2.04. The topological polar surface area (TPSA) is 84.6 Å². The van der Waals surface area contributed by atoms with E-state index >= 15 is 0 Å². The molecule has 2 amide bonds. The van der Waals surface area contributed by atoms with Crippen LogP contribution in [-0.4, -0.2) is 17.5 Å². The number of hydrogen-bond donors (Lipinski definition) is 2. The van der Waals surface area contributed by atoms with Gasteiger partial charge in [0, 0.05) is 0 Å². The number of hydrogen-bond acceptors (Lipinski definition) is 3. The van der Waals surface area contributed by atoms with Gasteiger partial charge in [-0.1, -0.05) is 0 Å². The number of nitrogens with one attached hydrogen (secondary N) is 1. The van der Waals surface area contributed by atoms with Crippen LogP contribution in [0.15, 0.2) is 5.10 Å². The van der Waals surface area contributed by atoms with Crippen LogP contribution in [0, 0.1) is 5.92 Å². The van der Waals surface area contributed by atoms with Crippen molar-refractivity contribution in [1.29, 1.82) is 0 Å². The second-order valence-corrected chi connectivity index (χ2v) is 2.06. The Hall–Kier alpha value is -1.39. The molecule has 1 aliphatic rings. The normalized spacial score (nSPS) is 23.9. The number of carbonyl (C=O) groups excluding carboxylic acids is 2. The number of carbonyl (C=O) groups is 2. The SMILES string of the molecule is CC1=NNC(=O)C1C(N)=O. The molecule has 0 aromatic heterocycles. The number of rotatable bonds is 1. The van der Waals surface area contributed by atoms with Gasteiger partial charge in [0.2, 0.25) is 5.91 Å². The summed E-state index contributed by atoms with van der Waals surface area (Å²) in [6, 6.07) is 0. The van der Waals surface area contributed by atoms with E-state index in [-0.39, 0.29) is 0 Å². The van der Waals surface area contributed by atoms with Crippen LogP contribution in [0.1, 0.15) is 6.92 Å². The van der Waals surface area contributed by atoms with Gasteiger partial charge < -0.3 is 5.73 Å². The second kappa shape index (κ2) is 2.09. The number of nitrogens with two attached hydrogens (primary N) is 1. The Labute approximate surface area is 57.3 Å². The number of amides is 2. The molecule has 0 radical (unpaired) electrons. The standard InChI is InChI=1S/C5H7N3O2/c1-2-3(4(6)9)5(10)8-7-2/h3H,1H3,(H2,6,9)(H,8,10).